The summed E-state index contributed by atoms with van der Waals surface area (Å²) in [5.74, 6) is 2.61. The summed E-state index contributed by atoms with van der Waals surface area (Å²) >= 11 is 0. The van der Waals surface area contributed by atoms with Gasteiger partial charge in [-0.2, -0.15) is 0 Å². The largest absolute Gasteiger partial charge is 0.508 e. The Bertz CT molecular complexity index is 842. The first kappa shape index (κ1) is 12.2. The van der Waals surface area contributed by atoms with Crippen molar-refractivity contribution in [2.75, 3.05) is 0 Å². The van der Waals surface area contributed by atoms with Crippen LogP contribution in [0.2, 0.25) is 0 Å². The Hall–Kier alpha value is -2.84. The number of phenols is 1. The summed E-state index contributed by atoms with van der Waals surface area (Å²) in [6.45, 7) is 1.77. The van der Waals surface area contributed by atoms with Crippen LogP contribution in [-0.4, -0.2) is 16.0 Å². The second-order valence-electron chi connectivity index (χ2n) is 4.44. The zero-order valence-electron chi connectivity index (χ0n) is 10.8. The third kappa shape index (κ3) is 2.09. The maximum atomic E-state index is 11.3. The topological polar surface area (TPSA) is 63.3 Å². The molecule has 1 heterocycles. The van der Waals surface area contributed by atoms with E-state index in [1.54, 1.807) is 43.3 Å². The summed E-state index contributed by atoms with van der Waals surface area (Å²) in [7, 11) is 0. The van der Waals surface area contributed by atoms with Crippen LogP contribution in [0.25, 0.3) is 16.7 Å². The van der Waals surface area contributed by atoms with E-state index in [0.717, 1.165) is 0 Å². The number of fused-ring (bicyclic) bond motifs is 1. The van der Waals surface area contributed by atoms with Gasteiger partial charge in [0, 0.05) is 6.92 Å². The maximum Gasteiger partial charge on any atom is 0.192 e. The lowest BCUT2D eigenvalue weighted by Crippen LogP contribution is -1.89. The van der Waals surface area contributed by atoms with Gasteiger partial charge in [-0.1, -0.05) is 12.1 Å². The summed E-state index contributed by atoms with van der Waals surface area (Å²) in [6, 6.07) is 11.8. The molecule has 4 nitrogen and oxygen atoms in total. The Balaban J connectivity index is 2.14. The highest BCUT2D eigenvalue weighted by Crippen LogP contribution is 2.26. The minimum absolute atomic E-state index is 0.105. The molecule has 4 heteroatoms. The number of aryl methyl sites for hydroxylation is 1. The predicted octanol–water partition coefficient (Wildman–Crippen LogP) is 3.11. The molecule has 1 N–H and O–H groups in total. The van der Waals surface area contributed by atoms with E-state index in [1.165, 1.54) is 6.07 Å². The molecule has 0 aliphatic rings. The van der Waals surface area contributed by atoms with Gasteiger partial charge in [0.1, 0.15) is 17.2 Å². The number of benzene rings is 2. The van der Waals surface area contributed by atoms with Crippen LogP contribution in [-0.2, 0) is 4.79 Å². The van der Waals surface area contributed by atoms with Crippen LogP contribution in [0.15, 0.2) is 46.9 Å². The fourth-order valence-electron chi connectivity index (χ4n) is 2.14. The molecule has 20 heavy (non-hydrogen) atoms. The van der Waals surface area contributed by atoms with Crippen LogP contribution in [0.5, 0.6) is 5.75 Å². The van der Waals surface area contributed by atoms with Crippen molar-refractivity contribution in [1.29, 1.82) is 0 Å². The van der Waals surface area contributed by atoms with Crippen LogP contribution in [0.1, 0.15) is 17.0 Å². The highest BCUT2D eigenvalue weighted by molar-refractivity contribution is 5.98. The molecule has 0 radical (unpaired) electrons. The smallest absolute Gasteiger partial charge is 0.192 e. The van der Waals surface area contributed by atoms with E-state index < -0.39 is 0 Å². The molecule has 1 aromatic heterocycles. The van der Waals surface area contributed by atoms with Gasteiger partial charge >= 0.3 is 0 Å². The monoisotopic (exact) mass is 265 g/mol. The lowest BCUT2D eigenvalue weighted by atomic mass is 9.99. The van der Waals surface area contributed by atoms with Gasteiger partial charge in [0.15, 0.2) is 11.5 Å². The number of nitrogens with zero attached hydrogens (tertiary/aromatic N) is 1. The number of aromatic hydroxyl groups is 1. The molecule has 3 aromatic rings. The van der Waals surface area contributed by atoms with E-state index in [-0.39, 0.29) is 5.75 Å². The van der Waals surface area contributed by atoms with Gasteiger partial charge in [-0.15, -0.1) is 0 Å². The Kier molecular flexibility index (Phi) is 2.86. The van der Waals surface area contributed by atoms with Crippen LogP contribution in [0.4, 0.5) is 0 Å². The van der Waals surface area contributed by atoms with Gasteiger partial charge in [-0.3, -0.25) is 0 Å². The van der Waals surface area contributed by atoms with Crippen molar-refractivity contribution in [3.8, 4) is 5.75 Å². The summed E-state index contributed by atoms with van der Waals surface area (Å²) in [5, 5.41) is 9.51. The summed E-state index contributed by atoms with van der Waals surface area (Å²) in [6.07, 6.45) is 0. The number of hydrogen-bond acceptors (Lipinski definition) is 4. The van der Waals surface area contributed by atoms with Crippen molar-refractivity contribution in [3.05, 3.63) is 59.5 Å². The van der Waals surface area contributed by atoms with Gasteiger partial charge in [0.05, 0.1) is 5.57 Å². The van der Waals surface area contributed by atoms with Gasteiger partial charge in [0.25, 0.3) is 0 Å². The minimum atomic E-state index is 0.105. The third-order valence-corrected chi connectivity index (χ3v) is 3.02. The molecule has 0 fully saturated rings. The van der Waals surface area contributed by atoms with E-state index in [0.29, 0.717) is 33.7 Å². The molecule has 0 amide bonds. The van der Waals surface area contributed by atoms with Crippen molar-refractivity contribution >= 4 is 22.6 Å². The first-order valence-electron chi connectivity index (χ1n) is 6.09. The second-order valence-corrected chi connectivity index (χ2v) is 4.44. The summed E-state index contributed by atoms with van der Waals surface area (Å²) in [4.78, 5) is 15.5. The Morgan fingerprint density at radius 1 is 1.20 bits per heavy atom. The van der Waals surface area contributed by atoms with Crippen LogP contribution < -0.4 is 0 Å². The molecule has 3 rings (SSSR count). The standard InChI is InChI=1S/C16H11NO3/c1-10-17-15-8-12(5-6-16(15)20-10)14(9-18)11-3-2-4-13(19)7-11/h2-8,19H,1H3. The van der Waals surface area contributed by atoms with E-state index >= 15 is 0 Å². The van der Waals surface area contributed by atoms with E-state index in [2.05, 4.69) is 4.98 Å². The lowest BCUT2D eigenvalue weighted by Gasteiger charge is -2.04. The third-order valence-electron chi connectivity index (χ3n) is 3.02. The molecule has 0 aliphatic heterocycles. The van der Waals surface area contributed by atoms with Gasteiger partial charge in [-0.05, 0) is 41.5 Å². The van der Waals surface area contributed by atoms with Gasteiger partial charge < -0.3 is 9.52 Å². The zero-order chi connectivity index (χ0) is 14.1. The second kappa shape index (κ2) is 4.68. The molecule has 0 spiro atoms. The number of oxazole rings is 1. The average Bonchev–Trinajstić information content (AvgIpc) is 2.79. The molecule has 2 aromatic carbocycles. The van der Waals surface area contributed by atoms with Crippen LogP contribution in [0.3, 0.4) is 0 Å². The number of carbonyl (C=O) groups excluding carboxylic acids is 1. The Morgan fingerprint density at radius 2 is 2.00 bits per heavy atom. The van der Waals surface area contributed by atoms with E-state index in [4.69, 9.17) is 4.42 Å². The summed E-state index contributed by atoms with van der Waals surface area (Å²) in [5.41, 5.74) is 3.04. The highest BCUT2D eigenvalue weighted by Gasteiger charge is 2.10. The molecule has 0 saturated heterocycles. The molecule has 0 bridgehead atoms. The van der Waals surface area contributed by atoms with Crippen molar-refractivity contribution in [2.24, 2.45) is 0 Å². The molecule has 0 aliphatic carbocycles. The molecule has 0 unspecified atom stereocenters. The molecule has 0 saturated carbocycles. The molecule has 98 valence electrons. The fourth-order valence-corrected chi connectivity index (χ4v) is 2.14. The normalized spacial score (nSPS) is 10.4. The number of rotatable bonds is 2. The van der Waals surface area contributed by atoms with Gasteiger partial charge in [-0.25, -0.2) is 9.78 Å². The minimum Gasteiger partial charge on any atom is -0.508 e. The quantitative estimate of drug-likeness (QED) is 0.723. The van der Waals surface area contributed by atoms with Crippen molar-refractivity contribution in [3.63, 3.8) is 0 Å². The SMILES string of the molecule is Cc1nc2cc(C(=C=O)c3cccc(O)c3)ccc2o1. The van der Waals surface area contributed by atoms with Crippen molar-refractivity contribution in [2.45, 2.75) is 6.92 Å². The van der Waals surface area contributed by atoms with E-state index in [1.807, 2.05) is 5.94 Å². The Morgan fingerprint density at radius 3 is 2.75 bits per heavy atom. The van der Waals surface area contributed by atoms with Crippen LogP contribution in [0, 0.1) is 6.92 Å². The molecular formula is C16H11NO3. The molecular weight excluding hydrogens is 254 g/mol. The zero-order valence-corrected chi connectivity index (χ0v) is 10.8. The number of phenolic OH excluding ortho intramolecular Hbond substituents is 1. The number of aromatic nitrogens is 1. The fraction of sp³-hybridized carbons (Fsp3) is 0.0625. The maximum absolute atomic E-state index is 11.3. The van der Waals surface area contributed by atoms with Crippen LogP contribution >= 0.6 is 0 Å². The van der Waals surface area contributed by atoms with Crippen molar-refractivity contribution in [1.82, 2.24) is 4.98 Å². The van der Waals surface area contributed by atoms with Gasteiger partial charge in [0.2, 0.25) is 0 Å². The molecule has 0 atom stereocenters. The van der Waals surface area contributed by atoms with Crippen molar-refractivity contribution < 1.29 is 14.3 Å². The first-order chi connectivity index (χ1) is 9.67. The lowest BCUT2D eigenvalue weighted by molar-refractivity contribution is 0.475. The first-order valence-corrected chi connectivity index (χ1v) is 6.09. The number of hydrogen-bond donors (Lipinski definition) is 1. The highest BCUT2D eigenvalue weighted by atomic mass is 16.3. The average molecular weight is 265 g/mol. The van der Waals surface area contributed by atoms with E-state index in [9.17, 15) is 9.90 Å². The Labute approximate surface area is 115 Å². The summed E-state index contributed by atoms with van der Waals surface area (Å²) < 4.78 is 5.40. The predicted molar refractivity (Wildman–Crippen MR) is 75.1 cm³/mol.